The summed E-state index contributed by atoms with van der Waals surface area (Å²) in [6.07, 6.45) is 0.174. The molecule has 0 aromatic heterocycles. The standard InChI is InChI=1S/C10H12N2O4/c11-6-5-10(13)16-7-8-1-3-9(4-2-8)12(14)15/h1-4H,5-7,11H2. The minimum atomic E-state index is -0.482. The molecular weight excluding hydrogens is 212 g/mol. The lowest BCUT2D eigenvalue weighted by molar-refractivity contribution is -0.384. The van der Waals surface area contributed by atoms with Gasteiger partial charge in [0.1, 0.15) is 6.61 Å². The minimum absolute atomic E-state index is 0.0111. The first kappa shape index (κ1) is 12.1. The molecule has 0 atom stereocenters. The third kappa shape index (κ3) is 3.66. The van der Waals surface area contributed by atoms with Crippen LogP contribution in [0.2, 0.25) is 0 Å². The molecule has 0 fully saturated rings. The number of nitrogens with two attached hydrogens (primary N) is 1. The highest BCUT2D eigenvalue weighted by Gasteiger charge is 2.05. The van der Waals surface area contributed by atoms with E-state index in [9.17, 15) is 14.9 Å². The second kappa shape index (κ2) is 5.82. The van der Waals surface area contributed by atoms with Gasteiger partial charge in [0.2, 0.25) is 0 Å². The summed E-state index contributed by atoms with van der Waals surface area (Å²) >= 11 is 0. The molecule has 0 unspecified atom stereocenters. The van der Waals surface area contributed by atoms with Crippen LogP contribution in [0.4, 0.5) is 5.69 Å². The lowest BCUT2D eigenvalue weighted by Crippen LogP contribution is -2.10. The van der Waals surface area contributed by atoms with E-state index in [2.05, 4.69) is 0 Å². The van der Waals surface area contributed by atoms with E-state index in [-0.39, 0.29) is 31.2 Å². The Morgan fingerprint density at radius 2 is 2.00 bits per heavy atom. The largest absolute Gasteiger partial charge is 0.461 e. The van der Waals surface area contributed by atoms with Gasteiger partial charge in [-0.15, -0.1) is 0 Å². The maximum Gasteiger partial charge on any atom is 0.307 e. The lowest BCUT2D eigenvalue weighted by Gasteiger charge is -2.03. The molecule has 1 rings (SSSR count). The molecule has 0 radical (unpaired) electrons. The van der Waals surface area contributed by atoms with Crippen LogP contribution in [0.15, 0.2) is 24.3 Å². The summed E-state index contributed by atoms with van der Waals surface area (Å²) in [5.41, 5.74) is 5.89. The van der Waals surface area contributed by atoms with Crippen LogP contribution < -0.4 is 5.73 Å². The second-order valence-electron chi connectivity index (χ2n) is 3.12. The van der Waals surface area contributed by atoms with Crippen LogP contribution in [0.25, 0.3) is 0 Å². The molecule has 16 heavy (non-hydrogen) atoms. The molecule has 0 bridgehead atoms. The zero-order valence-electron chi connectivity index (χ0n) is 8.59. The fourth-order valence-electron chi connectivity index (χ4n) is 1.07. The van der Waals surface area contributed by atoms with Crippen molar-refractivity contribution in [3.8, 4) is 0 Å². The fourth-order valence-corrected chi connectivity index (χ4v) is 1.07. The predicted molar refractivity (Wildman–Crippen MR) is 56.6 cm³/mol. The quantitative estimate of drug-likeness (QED) is 0.457. The number of benzene rings is 1. The van der Waals surface area contributed by atoms with Gasteiger partial charge in [-0.25, -0.2) is 0 Å². The zero-order chi connectivity index (χ0) is 12.0. The Labute approximate surface area is 92.2 Å². The highest BCUT2D eigenvalue weighted by Crippen LogP contribution is 2.12. The molecule has 1 aromatic carbocycles. The third-order valence-corrected chi connectivity index (χ3v) is 1.90. The summed E-state index contributed by atoms with van der Waals surface area (Å²) in [7, 11) is 0. The van der Waals surface area contributed by atoms with E-state index in [0.717, 1.165) is 0 Å². The Morgan fingerprint density at radius 3 is 2.50 bits per heavy atom. The van der Waals surface area contributed by atoms with E-state index in [0.29, 0.717) is 5.56 Å². The van der Waals surface area contributed by atoms with Gasteiger partial charge in [0, 0.05) is 18.7 Å². The number of hydrogen-bond donors (Lipinski definition) is 1. The van der Waals surface area contributed by atoms with Crippen molar-refractivity contribution in [2.75, 3.05) is 6.54 Å². The summed E-state index contributed by atoms with van der Waals surface area (Å²) in [6, 6.07) is 5.83. The number of carbonyl (C=O) groups excluding carboxylic acids is 1. The van der Waals surface area contributed by atoms with Gasteiger partial charge in [-0.05, 0) is 17.7 Å². The van der Waals surface area contributed by atoms with E-state index in [4.69, 9.17) is 10.5 Å². The van der Waals surface area contributed by atoms with Gasteiger partial charge < -0.3 is 10.5 Å². The van der Waals surface area contributed by atoms with E-state index in [1.807, 2.05) is 0 Å². The molecule has 0 saturated carbocycles. The molecule has 1 aromatic rings. The number of rotatable bonds is 5. The molecule has 0 spiro atoms. The number of nitrogens with zero attached hydrogens (tertiary/aromatic N) is 1. The van der Waals surface area contributed by atoms with E-state index in [1.165, 1.54) is 12.1 Å². The SMILES string of the molecule is NCCC(=O)OCc1ccc([N+](=O)[O-])cc1. The molecular formula is C10H12N2O4. The lowest BCUT2D eigenvalue weighted by atomic mass is 10.2. The van der Waals surface area contributed by atoms with Crippen molar-refractivity contribution in [1.82, 2.24) is 0 Å². The van der Waals surface area contributed by atoms with Gasteiger partial charge in [0.15, 0.2) is 0 Å². The van der Waals surface area contributed by atoms with Crippen LogP contribution >= 0.6 is 0 Å². The molecule has 0 aliphatic rings. The molecule has 6 heteroatoms. The van der Waals surface area contributed by atoms with Crippen molar-refractivity contribution in [2.24, 2.45) is 5.73 Å². The van der Waals surface area contributed by atoms with Crippen LogP contribution in [0.5, 0.6) is 0 Å². The van der Waals surface area contributed by atoms with E-state index in [1.54, 1.807) is 12.1 Å². The summed E-state index contributed by atoms with van der Waals surface area (Å²) in [5, 5.41) is 10.4. The Hall–Kier alpha value is -1.95. The molecule has 0 aliphatic carbocycles. The predicted octanol–water partition coefficient (Wildman–Crippen LogP) is 0.987. The zero-order valence-corrected chi connectivity index (χ0v) is 8.59. The Balaban J connectivity index is 2.49. The van der Waals surface area contributed by atoms with Crippen molar-refractivity contribution < 1.29 is 14.5 Å². The van der Waals surface area contributed by atoms with E-state index < -0.39 is 4.92 Å². The molecule has 2 N–H and O–H groups in total. The number of hydrogen-bond acceptors (Lipinski definition) is 5. The van der Waals surface area contributed by atoms with Crippen molar-refractivity contribution in [2.45, 2.75) is 13.0 Å². The highest BCUT2D eigenvalue weighted by molar-refractivity contribution is 5.69. The molecule has 0 amide bonds. The van der Waals surface area contributed by atoms with E-state index >= 15 is 0 Å². The van der Waals surface area contributed by atoms with Crippen LogP contribution in [0.3, 0.4) is 0 Å². The van der Waals surface area contributed by atoms with Crippen molar-refractivity contribution in [3.63, 3.8) is 0 Å². The number of esters is 1. The molecule has 0 saturated heterocycles. The smallest absolute Gasteiger partial charge is 0.307 e. The highest BCUT2D eigenvalue weighted by atomic mass is 16.6. The van der Waals surface area contributed by atoms with Gasteiger partial charge in [-0.1, -0.05) is 0 Å². The first-order valence-corrected chi connectivity index (χ1v) is 4.72. The summed E-state index contributed by atoms with van der Waals surface area (Å²) in [6.45, 7) is 0.357. The van der Waals surface area contributed by atoms with Crippen molar-refractivity contribution >= 4 is 11.7 Å². The number of nitro benzene ring substituents is 1. The minimum Gasteiger partial charge on any atom is -0.461 e. The summed E-state index contributed by atoms with van der Waals surface area (Å²) < 4.78 is 4.88. The van der Waals surface area contributed by atoms with Gasteiger partial charge in [-0.2, -0.15) is 0 Å². The Kier molecular flexibility index (Phi) is 4.41. The molecule has 6 nitrogen and oxygen atoms in total. The van der Waals surface area contributed by atoms with Gasteiger partial charge in [0.25, 0.3) is 5.69 Å². The van der Waals surface area contributed by atoms with Crippen LogP contribution in [-0.2, 0) is 16.1 Å². The number of non-ortho nitro benzene ring substituents is 1. The Bertz CT molecular complexity index is 375. The molecule has 0 aliphatic heterocycles. The monoisotopic (exact) mass is 224 g/mol. The average molecular weight is 224 g/mol. The average Bonchev–Trinajstić information content (AvgIpc) is 2.27. The third-order valence-electron chi connectivity index (χ3n) is 1.90. The van der Waals surface area contributed by atoms with Crippen LogP contribution in [0.1, 0.15) is 12.0 Å². The van der Waals surface area contributed by atoms with Crippen LogP contribution in [0, 0.1) is 10.1 Å². The van der Waals surface area contributed by atoms with Crippen LogP contribution in [-0.4, -0.2) is 17.4 Å². The maximum atomic E-state index is 11.0. The molecule has 86 valence electrons. The number of carbonyl (C=O) groups is 1. The summed E-state index contributed by atoms with van der Waals surface area (Å²) in [4.78, 5) is 20.9. The summed E-state index contributed by atoms with van der Waals surface area (Å²) in [5.74, 6) is -0.374. The van der Waals surface area contributed by atoms with Gasteiger partial charge in [0.05, 0.1) is 11.3 Å². The first-order chi connectivity index (χ1) is 7.63. The maximum absolute atomic E-state index is 11.0. The Morgan fingerprint density at radius 1 is 1.38 bits per heavy atom. The van der Waals surface area contributed by atoms with Crippen molar-refractivity contribution in [1.29, 1.82) is 0 Å². The fraction of sp³-hybridized carbons (Fsp3) is 0.300. The second-order valence-corrected chi connectivity index (χ2v) is 3.12. The normalized spacial score (nSPS) is 9.81. The molecule has 0 heterocycles. The van der Waals surface area contributed by atoms with Gasteiger partial charge in [-0.3, -0.25) is 14.9 Å². The van der Waals surface area contributed by atoms with Gasteiger partial charge >= 0.3 is 5.97 Å². The topological polar surface area (TPSA) is 95.5 Å². The number of nitro groups is 1. The number of ether oxygens (including phenoxy) is 1. The first-order valence-electron chi connectivity index (χ1n) is 4.72. The van der Waals surface area contributed by atoms with Crippen molar-refractivity contribution in [3.05, 3.63) is 39.9 Å².